The molecule has 2 N–H and O–H groups in total. The second-order valence-corrected chi connectivity index (χ2v) is 6.06. The average molecular weight is 250 g/mol. The van der Waals surface area contributed by atoms with Crippen LogP contribution in [0.1, 0.15) is 31.0 Å². The molecule has 0 spiro atoms. The van der Waals surface area contributed by atoms with E-state index in [0.717, 1.165) is 11.6 Å². The third kappa shape index (κ3) is 2.34. The molecule has 1 aliphatic heterocycles. The van der Waals surface area contributed by atoms with Crippen molar-refractivity contribution in [2.24, 2.45) is 0 Å². The maximum absolute atomic E-state index is 5.88. The molecule has 92 valence electrons. The molecule has 0 aromatic carbocycles. The van der Waals surface area contributed by atoms with Gasteiger partial charge < -0.3 is 10.6 Å². The molecule has 0 amide bonds. The van der Waals surface area contributed by atoms with Crippen LogP contribution in [-0.4, -0.2) is 34.6 Å². The number of aromatic nitrogens is 2. The van der Waals surface area contributed by atoms with Gasteiger partial charge in [0.25, 0.3) is 0 Å². The number of nitrogens with zero attached hydrogens (tertiary/aromatic N) is 3. The third-order valence-electron chi connectivity index (χ3n) is 3.51. The molecule has 2 heterocycles. The molecular formula is C12H18N4S. The Morgan fingerprint density at radius 2 is 2.18 bits per heavy atom. The van der Waals surface area contributed by atoms with Gasteiger partial charge in [0.05, 0.1) is 0 Å². The molecule has 1 saturated heterocycles. The summed E-state index contributed by atoms with van der Waals surface area (Å²) in [5.41, 5.74) is 5.88. The number of rotatable bonds is 3. The van der Waals surface area contributed by atoms with Crippen LogP contribution in [0.3, 0.4) is 0 Å². The molecule has 2 aliphatic rings. The van der Waals surface area contributed by atoms with Gasteiger partial charge in [0.15, 0.2) is 0 Å². The van der Waals surface area contributed by atoms with E-state index in [-0.39, 0.29) is 0 Å². The summed E-state index contributed by atoms with van der Waals surface area (Å²) < 4.78 is 0. The fourth-order valence-corrected chi connectivity index (χ4v) is 3.46. The van der Waals surface area contributed by atoms with E-state index in [9.17, 15) is 0 Å². The minimum Gasteiger partial charge on any atom is -0.384 e. The first-order chi connectivity index (χ1) is 8.24. The van der Waals surface area contributed by atoms with Crippen molar-refractivity contribution in [2.75, 3.05) is 29.2 Å². The number of thioether (sulfide) groups is 1. The van der Waals surface area contributed by atoms with Crippen LogP contribution in [0.2, 0.25) is 0 Å². The van der Waals surface area contributed by atoms with Crippen LogP contribution in [0, 0.1) is 0 Å². The summed E-state index contributed by atoms with van der Waals surface area (Å²) in [5, 5.41) is 0. The van der Waals surface area contributed by atoms with Crippen LogP contribution in [0.5, 0.6) is 0 Å². The zero-order valence-corrected chi connectivity index (χ0v) is 10.9. The second kappa shape index (κ2) is 4.37. The number of hydrogen-bond acceptors (Lipinski definition) is 5. The van der Waals surface area contributed by atoms with Gasteiger partial charge in [0, 0.05) is 30.8 Å². The Bertz CT molecular complexity index is 413. The van der Waals surface area contributed by atoms with Gasteiger partial charge in [-0.2, -0.15) is 11.8 Å². The van der Waals surface area contributed by atoms with Gasteiger partial charge in [-0.15, -0.1) is 0 Å². The fourth-order valence-electron chi connectivity index (χ4n) is 2.19. The predicted molar refractivity (Wildman–Crippen MR) is 72.6 cm³/mol. The lowest BCUT2D eigenvalue weighted by atomic mass is 10.2. The first-order valence-electron chi connectivity index (χ1n) is 6.19. The van der Waals surface area contributed by atoms with E-state index in [0.29, 0.717) is 17.8 Å². The molecule has 1 atom stereocenters. The lowest BCUT2D eigenvalue weighted by Gasteiger charge is -2.25. The Morgan fingerprint density at radius 1 is 1.35 bits per heavy atom. The van der Waals surface area contributed by atoms with Crippen molar-refractivity contribution in [1.82, 2.24) is 9.97 Å². The fraction of sp³-hybridized carbons (Fsp3) is 0.667. The molecule has 0 radical (unpaired) electrons. The topological polar surface area (TPSA) is 55.0 Å². The monoisotopic (exact) mass is 250 g/mol. The van der Waals surface area contributed by atoms with Crippen LogP contribution < -0.4 is 10.6 Å². The number of nitrogens with two attached hydrogens (primary N) is 1. The van der Waals surface area contributed by atoms with Gasteiger partial charge in [-0.1, -0.05) is 0 Å². The summed E-state index contributed by atoms with van der Waals surface area (Å²) in [4.78, 5) is 11.3. The van der Waals surface area contributed by atoms with E-state index in [1.165, 1.54) is 30.8 Å². The second-order valence-electron chi connectivity index (χ2n) is 4.91. The Kier molecular flexibility index (Phi) is 2.86. The molecule has 1 aromatic heterocycles. The van der Waals surface area contributed by atoms with Crippen molar-refractivity contribution in [3.63, 3.8) is 0 Å². The van der Waals surface area contributed by atoms with Crippen molar-refractivity contribution in [3.8, 4) is 0 Å². The molecule has 1 aliphatic carbocycles. The third-order valence-corrected chi connectivity index (χ3v) is 4.65. The van der Waals surface area contributed by atoms with Crippen molar-refractivity contribution in [1.29, 1.82) is 0 Å². The van der Waals surface area contributed by atoms with Crippen LogP contribution in [0.15, 0.2) is 6.07 Å². The van der Waals surface area contributed by atoms with Crippen molar-refractivity contribution in [3.05, 3.63) is 11.9 Å². The minimum absolute atomic E-state index is 0.559. The molecule has 3 rings (SSSR count). The first kappa shape index (κ1) is 11.1. The van der Waals surface area contributed by atoms with Crippen molar-refractivity contribution < 1.29 is 0 Å². The number of anilines is 2. The van der Waals surface area contributed by atoms with Crippen LogP contribution in [0.25, 0.3) is 0 Å². The molecule has 0 bridgehead atoms. The van der Waals surface area contributed by atoms with Gasteiger partial charge in [-0.25, -0.2) is 9.97 Å². The summed E-state index contributed by atoms with van der Waals surface area (Å²) >= 11 is 2.02. The summed E-state index contributed by atoms with van der Waals surface area (Å²) in [6.45, 7) is 0. The van der Waals surface area contributed by atoms with Gasteiger partial charge >= 0.3 is 0 Å². The molecule has 2 fully saturated rings. The molecule has 4 nitrogen and oxygen atoms in total. The van der Waals surface area contributed by atoms with Gasteiger partial charge in [0.2, 0.25) is 0 Å². The van der Waals surface area contributed by atoms with E-state index in [4.69, 9.17) is 5.73 Å². The van der Waals surface area contributed by atoms with Crippen molar-refractivity contribution >= 4 is 23.4 Å². The van der Waals surface area contributed by atoms with E-state index >= 15 is 0 Å². The molecule has 1 unspecified atom stereocenters. The molecule has 5 heteroatoms. The SMILES string of the molecule is CN(c1cc(N)nc(C2CC2)n1)C1CCSC1. The summed E-state index contributed by atoms with van der Waals surface area (Å²) in [7, 11) is 2.12. The first-order valence-corrected chi connectivity index (χ1v) is 7.34. The van der Waals surface area contributed by atoms with E-state index in [1.54, 1.807) is 0 Å². The lowest BCUT2D eigenvalue weighted by molar-refractivity contribution is 0.687. The van der Waals surface area contributed by atoms with Gasteiger partial charge in [-0.05, 0) is 25.0 Å². The van der Waals surface area contributed by atoms with Crippen LogP contribution in [-0.2, 0) is 0 Å². The van der Waals surface area contributed by atoms with E-state index in [1.807, 2.05) is 17.8 Å². The molecular weight excluding hydrogens is 232 g/mol. The van der Waals surface area contributed by atoms with Crippen LogP contribution in [0.4, 0.5) is 11.6 Å². The zero-order valence-electron chi connectivity index (χ0n) is 10.1. The van der Waals surface area contributed by atoms with E-state index in [2.05, 4.69) is 21.9 Å². The highest BCUT2D eigenvalue weighted by molar-refractivity contribution is 7.99. The zero-order chi connectivity index (χ0) is 11.8. The van der Waals surface area contributed by atoms with E-state index < -0.39 is 0 Å². The average Bonchev–Trinajstić information content (AvgIpc) is 3.03. The van der Waals surface area contributed by atoms with Crippen molar-refractivity contribution in [2.45, 2.75) is 31.2 Å². The number of hydrogen-bond donors (Lipinski definition) is 1. The molecule has 17 heavy (non-hydrogen) atoms. The normalized spacial score (nSPS) is 23.9. The quantitative estimate of drug-likeness (QED) is 0.887. The molecule has 1 saturated carbocycles. The van der Waals surface area contributed by atoms with Crippen LogP contribution >= 0.6 is 11.8 Å². The van der Waals surface area contributed by atoms with Gasteiger partial charge in [0.1, 0.15) is 17.5 Å². The number of nitrogen functional groups attached to an aromatic ring is 1. The summed E-state index contributed by atoms with van der Waals surface area (Å²) in [5.74, 6) is 5.55. The standard InChI is InChI=1S/C12H18N4S/c1-16(9-4-5-17-7-9)11-6-10(13)14-12(15-11)8-2-3-8/h6,8-9H,2-5,7H2,1H3,(H2,13,14,15). The Hall–Kier alpha value is -0.970. The summed E-state index contributed by atoms with van der Waals surface area (Å²) in [6.07, 6.45) is 3.67. The Balaban J connectivity index is 1.85. The maximum Gasteiger partial charge on any atom is 0.136 e. The maximum atomic E-state index is 5.88. The lowest BCUT2D eigenvalue weighted by Crippen LogP contribution is -2.32. The Labute approximate surface area is 106 Å². The Morgan fingerprint density at radius 3 is 2.82 bits per heavy atom. The highest BCUT2D eigenvalue weighted by atomic mass is 32.2. The summed E-state index contributed by atoms with van der Waals surface area (Å²) in [6, 6.07) is 2.50. The highest BCUT2D eigenvalue weighted by Gasteiger charge is 2.28. The minimum atomic E-state index is 0.559. The smallest absolute Gasteiger partial charge is 0.136 e. The predicted octanol–water partition coefficient (Wildman–Crippen LogP) is 1.88. The van der Waals surface area contributed by atoms with Gasteiger partial charge in [-0.3, -0.25) is 0 Å². The highest BCUT2D eigenvalue weighted by Crippen LogP contribution is 2.39. The largest absolute Gasteiger partial charge is 0.384 e. The molecule has 1 aromatic rings.